The molecule has 0 saturated carbocycles. The Morgan fingerprint density at radius 1 is 0.865 bits per heavy atom. The van der Waals surface area contributed by atoms with E-state index in [1.165, 1.54) is 0 Å². The SMILES string of the molecule is CCOC(=O)C1CCCN(CCOC(c2ccccc2)(c2ccc(OC)cc2)c2ccc(OC)cc2)C1. The molecule has 1 aliphatic heterocycles. The van der Waals surface area contributed by atoms with Crippen molar-refractivity contribution in [2.24, 2.45) is 5.92 Å². The molecule has 0 aliphatic carbocycles. The molecule has 1 heterocycles. The molecule has 1 atom stereocenters. The van der Waals surface area contributed by atoms with Gasteiger partial charge in [-0.2, -0.15) is 0 Å². The van der Waals surface area contributed by atoms with E-state index in [-0.39, 0.29) is 11.9 Å². The summed E-state index contributed by atoms with van der Waals surface area (Å²) in [6, 6.07) is 26.4. The van der Waals surface area contributed by atoms with E-state index in [0.717, 1.165) is 54.1 Å². The number of esters is 1. The van der Waals surface area contributed by atoms with E-state index in [1.807, 2.05) is 49.4 Å². The molecular weight excluding hydrogens is 466 g/mol. The van der Waals surface area contributed by atoms with Crippen LogP contribution in [0.4, 0.5) is 0 Å². The lowest BCUT2D eigenvalue weighted by molar-refractivity contribution is -0.150. The maximum absolute atomic E-state index is 12.3. The predicted octanol–water partition coefficient (Wildman–Crippen LogP) is 5.29. The molecule has 6 nitrogen and oxygen atoms in total. The van der Waals surface area contributed by atoms with Crippen LogP contribution >= 0.6 is 0 Å². The first kappa shape index (κ1) is 26.7. The Labute approximate surface area is 220 Å². The highest BCUT2D eigenvalue weighted by atomic mass is 16.5. The lowest BCUT2D eigenvalue weighted by Crippen LogP contribution is -2.42. The van der Waals surface area contributed by atoms with Crippen LogP contribution in [0.25, 0.3) is 0 Å². The number of hydrogen-bond acceptors (Lipinski definition) is 6. The van der Waals surface area contributed by atoms with Crippen molar-refractivity contribution in [1.29, 1.82) is 0 Å². The molecule has 0 bridgehead atoms. The predicted molar refractivity (Wildman–Crippen MR) is 144 cm³/mol. The number of hydrogen-bond donors (Lipinski definition) is 0. The third kappa shape index (κ3) is 6.14. The van der Waals surface area contributed by atoms with Gasteiger partial charge >= 0.3 is 5.97 Å². The summed E-state index contributed by atoms with van der Waals surface area (Å²) in [7, 11) is 3.34. The molecule has 0 spiro atoms. The van der Waals surface area contributed by atoms with E-state index in [2.05, 4.69) is 41.3 Å². The minimum atomic E-state index is -0.837. The number of nitrogens with zero attached hydrogens (tertiary/aromatic N) is 1. The molecule has 0 N–H and O–H groups in total. The molecule has 1 aliphatic rings. The second-order valence-electron chi connectivity index (χ2n) is 9.24. The smallest absolute Gasteiger partial charge is 0.310 e. The van der Waals surface area contributed by atoms with Crippen molar-refractivity contribution in [2.45, 2.75) is 25.4 Å². The second-order valence-corrected chi connectivity index (χ2v) is 9.24. The van der Waals surface area contributed by atoms with E-state index in [9.17, 15) is 4.79 Å². The highest BCUT2D eigenvalue weighted by molar-refractivity contribution is 5.72. The number of ether oxygens (including phenoxy) is 4. The van der Waals surface area contributed by atoms with Crippen LogP contribution in [0.15, 0.2) is 78.9 Å². The minimum absolute atomic E-state index is 0.0734. The van der Waals surface area contributed by atoms with E-state index in [1.54, 1.807) is 14.2 Å². The van der Waals surface area contributed by atoms with Gasteiger partial charge in [-0.05, 0) is 67.3 Å². The lowest BCUT2D eigenvalue weighted by Gasteiger charge is -2.37. The summed E-state index contributed by atoms with van der Waals surface area (Å²) in [6.45, 7) is 5.13. The van der Waals surface area contributed by atoms with E-state index < -0.39 is 5.60 Å². The van der Waals surface area contributed by atoms with Gasteiger partial charge in [0.25, 0.3) is 0 Å². The van der Waals surface area contributed by atoms with Crippen molar-refractivity contribution in [3.63, 3.8) is 0 Å². The largest absolute Gasteiger partial charge is 0.497 e. The molecule has 196 valence electrons. The average Bonchev–Trinajstić information content (AvgIpc) is 2.96. The molecule has 1 saturated heterocycles. The number of benzene rings is 3. The standard InChI is InChI=1S/C31H37NO5/c1-4-36-30(33)24-9-8-20-32(23-24)21-22-37-31(25-10-6-5-7-11-25,26-12-16-28(34-2)17-13-26)27-14-18-29(35-3)19-15-27/h5-7,10-19,24H,4,8-9,20-23H2,1-3H3. The zero-order chi connectivity index (χ0) is 26.1. The van der Waals surface area contributed by atoms with Gasteiger partial charge in [0, 0.05) is 13.1 Å². The Balaban J connectivity index is 1.66. The summed E-state index contributed by atoms with van der Waals surface area (Å²) in [6.07, 6.45) is 1.85. The fourth-order valence-electron chi connectivity index (χ4n) is 5.11. The Bertz CT molecular complexity index is 1070. The van der Waals surface area contributed by atoms with Gasteiger partial charge < -0.3 is 23.8 Å². The van der Waals surface area contributed by atoms with Crippen LogP contribution in [-0.2, 0) is 19.9 Å². The lowest BCUT2D eigenvalue weighted by atomic mass is 9.80. The summed E-state index contributed by atoms with van der Waals surface area (Å²) in [5.41, 5.74) is 2.21. The maximum atomic E-state index is 12.3. The zero-order valence-electron chi connectivity index (χ0n) is 22.0. The summed E-state index contributed by atoms with van der Waals surface area (Å²) >= 11 is 0. The first-order chi connectivity index (χ1) is 18.1. The maximum Gasteiger partial charge on any atom is 0.310 e. The fourth-order valence-corrected chi connectivity index (χ4v) is 5.11. The van der Waals surface area contributed by atoms with Crippen molar-refractivity contribution in [1.82, 2.24) is 4.90 Å². The normalized spacial score (nSPS) is 16.2. The second kappa shape index (κ2) is 12.7. The molecule has 1 fully saturated rings. The van der Waals surface area contributed by atoms with Crippen LogP contribution in [0.3, 0.4) is 0 Å². The molecule has 37 heavy (non-hydrogen) atoms. The quantitative estimate of drug-likeness (QED) is 0.262. The van der Waals surface area contributed by atoms with Crippen LogP contribution in [0, 0.1) is 5.92 Å². The fraction of sp³-hybridized carbons (Fsp3) is 0.387. The van der Waals surface area contributed by atoms with Crippen molar-refractivity contribution in [3.05, 3.63) is 95.6 Å². The summed E-state index contributed by atoms with van der Waals surface area (Å²) < 4.78 is 23.1. The molecule has 6 heteroatoms. The number of methoxy groups -OCH3 is 2. The highest BCUT2D eigenvalue weighted by Crippen LogP contribution is 2.41. The molecule has 3 aromatic carbocycles. The molecular formula is C31H37NO5. The highest BCUT2D eigenvalue weighted by Gasteiger charge is 2.38. The van der Waals surface area contributed by atoms with E-state index >= 15 is 0 Å². The summed E-state index contributed by atoms with van der Waals surface area (Å²) in [4.78, 5) is 14.6. The minimum Gasteiger partial charge on any atom is -0.497 e. The third-order valence-corrected chi connectivity index (χ3v) is 7.02. The molecule has 0 aromatic heterocycles. The van der Waals surface area contributed by atoms with Crippen molar-refractivity contribution in [3.8, 4) is 11.5 Å². The van der Waals surface area contributed by atoms with Crippen LogP contribution in [0.2, 0.25) is 0 Å². The van der Waals surface area contributed by atoms with E-state index in [0.29, 0.717) is 19.8 Å². The van der Waals surface area contributed by atoms with Crippen molar-refractivity contribution in [2.75, 3.05) is 47.1 Å². The third-order valence-electron chi connectivity index (χ3n) is 7.02. The van der Waals surface area contributed by atoms with Gasteiger partial charge in [-0.15, -0.1) is 0 Å². The van der Waals surface area contributed by atoms with Crippen LogP contribution in [0.1, 0.15) is 36.5 Å². The summed E-state index contributed by atoms with van der Waals surface area (Å²) in [5, 5.41) is 0. The first-order valence-corrected chi connectivity index (χ1v) is 13.0. The van der Waals surface area contributed by atoms with Gasteiger partial charge in [-0.25, -0.2) is 0 Å². The number of rotatable bonds is 11. The number of likely N-dealkylation sites (tertiary alicyclic amines) is 1. The Morgan fingerprint density at radius 3 is 1.97 bits per heavy atom. The molecule has 0 radical (unpaired) electrons. The van der Waals surface area contributed by atoms with Gasteiger partial charge in [-0.3, -0.25) is 4.79 Å². The van der Waals surface area contributed by atoms with Crippen molar-refractivity contribution < 1.29 is 23.7 Å². The number of carbonyl (C=O) groups excluding carboxylic acids is 1. The van der Waals surface area contributed by atoms with Crippen LogP contribution in [-0.4, -0.2) is 57.9 Å². The van der Waals surface area contributed by atoms with Gasteiger partial charge in [0.05, 0.1) is 33.4 Å². The molecule has 4 rings (SSSR count). The summed E-state index contributed by atoms with van der Waals surface area (Å²) in [5.74, 6) is 1.41. The Morgan fingerprint density at radius 2 is 1.43 bits per heavy atom. The number of carbonyl (C=O) groups is 1. The van der Waals surface area contributed by atoms with Gasteiger partial charge in [0.2, 0.25) is 0 Å². The number of piperidine rings is 1. The molecule has 3 aromatic rings. The van der Waals surface area contributed by atoms with Gasteiger partial charge in [0.1, 0.15) is 17.1 Å². The molecule has 1 unspecified atom stereocenters. The monoisotopic (exact) mass is 503 g/mol. The first-order valence-electron chi connectivity index (χ1n) is 13.0. The molecule has 0 amide bonds. The Hall–Kier alpha value is -3.35. The van der Waals surface area contributed by atoms with Crippen molar-refractivity contribution >= 4 is 5.97 Å². The van der Waals surface area contributed by atoms with Gasteiger partial charge in [0.15, 0.2) is 0 Å². The van der Waals surface area contributed by atoms with Crippen LogP contribution in [0.5, 0.6) is 11.5 Å². The van der Waals surface area contributed by atoms with E-state index in [4.69, 9.17) is 18.9 Å². The van der Waals surface area contributed by atoms with Crippen LogP contribution < -0.4 is 9.47 Å². The van der Waals surface area contributed by atoms with Gasteiger partial charge in [-0.1, -0.05) is 54.6 Å². The average molecular weight is 504 g/mol. The topological polar surface area (TPSA) is 57.2 Å². The Kier molecular flexibility index (Phi) is 9.20. The zero-order valence-corrected chi connectivity index (χ0v) is 22.0.